The van der Waals surface area contributed by atoms with Crippen molar-refractivity contribution in [2.75, 3.05) is 20.4 Å². The molecule has 0 fully saturated rings. The van der Waals surface area contributed by atoms with Crippen LogP contribution in [0.1, 0.15) is 0 Å². The van der Waals surface area contributed by atoms with E-state index >= 15 is 0 Å². The second kappa shape index (κ2) is 5.84. The molecule has 0 aromatic rings. The van der Waals surface area contributed by atoms with Gasteiger partial charge in [-0.1, -0.05) is 11.8 Å². The first-order valence-electron chi connectivity index (χ1n) is 2.79. The minimum absolute atomic E-state index is 0.300. The molecule has 0 spiro atoms. The van der Waals surface area contributed by atoms with Crippen LogP contribution in [-0.2, 0) is 9.57 Å². The highest BCUT2D eigenvalue weighted by molar-refractivity contribution is 8.12. The molecule has 1 amide bonds. The Bertz CT molecular complexity index is 154. The van der Waals surface area contributed by atoms with Gasteiger partial charge in [-0.25, -0.2) is 4.79 Å². The Kier molecular flexibility index (Phi) is 5.36. The first kappa shape index (κ1) is 10.1. The highest BCUT2D eigenvalue weighted by Crippen LogP contribution is 1.98. The van der Waals surface area contributed by atoms with Crippen LogP contribution in [0.4, 0.5) is 4.79 Å². The van der Waals surface area contributed by atoms with Crippen LogP contribution in [0.2, 0.25) is 0 Å². The molecule has 0 aromatic heterocycles. The molecule has 0 unspecified atom stereocenters. The van der Waals surface area contributed by atoms with E-state index in [0.29, 0.717) is 5.23 Å². The molecule has 0 rings (SSSR count). The van der Waals surface area contributed by atoms with Gasteiger partial charge < -0.3 is 10.1 Å². The maximum absolute atomic E-state index is 10.4. The number of carbonyl (C=O) groups is 1. The Morgan fingerprint density at radius 1 is 1.64 bits per heavy atom. The molecule has 0 radical (unpaired) electrons. The smallest absolute Gasteiger partial charge is 0.433 e. The number of rotatable bonds is 1. The van der Waals surface area contributed by atoms with Gasteiger partial charge in [0.05, 0.1) is 7.11 Å². The van der Waals surface area contributed by atoms with Crippen molar-refractivity contribution in [3.8, 4) is 0 Å². The van der Waals surface area contributed by atoms with Crippen molar-refractivity contribution < 1.29 is 14.4 Å². The number of thioether (sulfide) groups is 1. The van der Waals surface area contributed by atoms with Gasteiger partial charge in [0, 0.05) is 7.05 Å². The van der Waals surface area contributed by atoms with E-state index in [-0.39, 0.29) is 0 Å². The summed E-state index contributed by atoms with van der Waals surface area (Å²) in [5.41, 5.74) is 0. The van der Waals surface area contributed by atoms with Crippen molar-refractivity contribution in [1.29, 1.82) is 0 Å². The zero-order valence-electron chi connectivity index (χ0n) is 6.58. The van der Waals surface area contributed by atoms with Crippen molar-refractivity contribution >= 4 is 23.1 Å². The van der Waals surface area contributed by atoms with E-state index in [9.17, 15) is 4.79 Å². The average molecular weight is 178 g/mol. The third-order valence-corrected chi connectivity index (χ3v) is 1.35. The molecule has 5 nitrogen and oxygen atoms in total. The predicted molar refractivity (Wildman–Crippen MR) is 43.5 cm³/mol. The lowest BCUT2D eigenvalue weighted by Crippen LogP contribution is -2.17. The number of nitrogens with one attached hydrogen (secondary N) is 1. The highest BCUT2D eigenvalue weighted by Gasteiger charge is 1.98. The third-order valence-electron chi connectivity index (χ3n) is 0.756. The molecule has 0 aliphatic carbocycles. The number of amides is 1. The number of oxime groups is 1. The van der Waals surface area contributed by atoms with E-state index in [4.69, 9.17) is 4.74 Å². The number of ether oxygens (including phenoxy) is 1. The van der Waals surface area contributed by atoms with Gasteiger partial charge in [0.25, 0.3) is 5.23 Å². The molecule has 0 aromatic carbocycles. The van der Waals surface area contributed by atoms with Crippen LogP contribution < -0.4 is 5.32 Å². The second-order valence-corrected chi connectivity index (χ2v) is 2.15. The fraction of sp³-hybridized carbons (Fsp3) is 0.600. The van der Waals surface area contributed by atoms with Crippen LogP contribution in [0.3, 0.4) is 0 Å². The number of methoxy groups -OCH3 is 1. The van der Waals surface area contributed by atoms with Crippen molar-refractivity contribution in [1.82, 2.24) is 5.32 Å². The molecular formula is C5H10N2O3S. The number of hydrogen-bond acceptors (Lipinski definition) is 5. The van der Waals surface area contributed by atoms with E-state index in [0.717, 1.165) is 0 Å². The lowest BCUT2D eigenvalue weighted by Gasteiger charge is -1.98. The third kappa shape index (κ3) is 4.49. The Hall–Kier alpha value is -0.910. The van der Waals surface area contributed by atoms with Gasteiger partial charge >= 0.3 is 6.09 Å². The largest absolute Gasteiger partial charge is 0.474 e. The van der Waals surface area contributed by atoms with Crippen molar-refractivity contribution in [2.45, 2.75) is 0 Å². The molecular weight excluding hydrogens is 168 g/mol. The summed E-state index contributed by atoms with van der Waals surface area (Å²) < 4.78 is 4.70. The van der Waals surface area contributed by atoms with Gasteiger partial charge in [0.15, 0.2) is 0 Å². The first-order chi connectivity index (χ1) is 5.24. The Morgan fingerprint density at radius 2 is 2.27 bits per heavy atom. The van der Waals surface area contributed by atoms with E-state index in [2.05, 4.69) is 15.3 Å². The van der Waals surface area contributed by atoms with Crippen LogP contribution >= 0.6 is 11.8 Å². The summed E-state index contributed by atoms with van der Waals surface area (Å²) in [6.07, 6.45) is 1.14. The minimum atomic E-state index is -0.617. The van der Waals surface area contributed by atoms with Gasteiger partial charge in [0.1, 0.15) is 0 Å². The van der Waals surface area contributed by atoms with E-state index < -0.39 is 6.09 Å². The molecule has 0 atom stereocenters. The highest BCUT2D eigenvalue weighted by atomic mass is 32.2. The van der Waals surface area contributed by atoms with E-state index in [1.165, 1.54) is 25.9 Å². The number of hydrogen-bond donors (Lipinski definition) is 1. The average Bonchev–Trinajstić information content (AvgIpc) is 2.06. The minimum Gasteiger partial charge on any atom is -0.474 e. The molecule has 0 heterocycles. The Morgan fingerprint density at radius 3 is 2.64 bits per heavy atom. The molecule has 11 heavy (non-hydrogen) atoms. The standard InChI is InChI=1S/C5H10N2O3S/c1-6-4(8)10-7-5(9-2)11-3/h1-3H3,(H,6,8)/b7-5-. The number of nitrogens with zero attached hydrogens (tertiary/aromatic N) is 1. The van der Waals surface area contributed by atoms with Crippen LogP contribution in [0.5, 0.6) is 0 Å². The maximum atomic E-state index is 10.4. The van der Waals surface area contributed by atoms with Crippen LogP contribution in [0, 0.1) is 0 Å². The molecule has 0 aliphatic heterocycles. The molecule has 0 aliphatic rings. The van der Waals surface area contributed by atoms with Crippen LogP contribution in [-0.4, -0.2) is 31.7 Å². The van der Waals surface area contributed by atoms with E-state index in [1.807, 2.05) is 0 Å². The van der Waals surface area contributed by atoms with Crippen LogP contribution in [0.15, 0.2) is 5.16 Å². The summed E-state index contributed by atoms with van der Waals surface area (Å²) in [5, 5.41) is 5.91. The zero-order valence-corrected chi connectivity index (χ0v) is 7.40. The molecule has 1 N–H and O–H groups in total. The SMILES string of the molecule is CNC(=O)O/N=C(/OC)SC. The summed E-state index contributed by atoms with van der Waals surface area (Å²) >= 11 is 1.25. The molecule has 0 bridgehead atoms. The second-order valence-electron chi connectivity index (χ2n) is 1.39. The fourth-order valence-electron chi connectivity index (χ4n) is 0.282. The van der Waals surface area contributed by atoms with Gasteiger partial charge in [-0.3, -0.25) is 4.84 Å². The summed E-state index contributed by atoms with van der Waals surface area (Å²) in [7, 11) is 2.89. The quantitative estimate of drug-likeness (QED) is 0.277. The van der Waals surface area contributed by atoms with Crippen molar-refractivity contribution in [3.05, 3.63) is 0 Å². The van der Waals surface area contributed by atoms with Crippen molar-refractivity contribution in [2.24, 2.45) is 5.16 Å². The normalized spacial score (nSPS) is 10.6. The summed E-state index contributed by atoms with van der Waals surface area (Å²) in [6.45, 7) is 0. The van der Waals surface area contributed by atoms with Gasteiger partial charge in [0.2, 0.25) is 0 Å². The predicted octanol–water partition coefficient (Wildman–Crippen LogP) is 0.623. The van der Waals surface area contributed by atoms with Crippen molar-refractivity contribution in [3.63, 3.8) is 0 Å². The lowest BCUT2D eigenvalue weighted by molar-refractivity contribution is 0.150. The van der Waals surface area contributed by atoms with Gasteiger partial charge in [-0.05, 0) is 11.4 Å². The van der Waals surface area contributed by atoms with Crippen LogP contribution in [0.25, 0.3) is 0 Å². The number of carbonyl (C=O) groups excluding carboxylic acids is 1. The summed E-state index contributed by atoms with van der Waals surface area (Å²) in [6, 6.07) is 0. The van der Waals surface area contributed by atoms with E-state index in [1.54, 1.807) is 6.26 Å². The fourth-order valence-corrected chi connectivity index (χ4v) is 0.561. The van der Waals surface area contributed by atoms with Gasteiger partial charge in [-0.2, -0.15) is 0 Å². The molecule has 64 valence electrons. The van der Waals surface area contributed by atoms with Gasteiger partial charge in [-0.15, -0.1) is 0 Å². The Balaban J connectivity index is 3.78. The zero-order chi connectivity index (χ0) is 8.69. The Labute approximate surface area is 69.1 Å². The molecule has 6 heteroatoms. The molecule has 0 saturated heterocycles. The molecule has 0 saturated carbocycles. The lowest BCUT2D eigenvalue weighted by atomic mass is 11.1. The first-order valence-corrected chi connectivity index (χ1v) is 4.01. The maximum Gasteiger partial charge on any atom is 0.433 e. The summed E-state index contributed by atoms with van der Waals surface area (Å²) in [4.78, 5) is 14.8. The summed E-state index contributed by atoms with van der Waals surface area (Å²) in [5.74, 6) is 0. The topological polar surface area (TPSA) is 59.9 Å². The monoisotopic (exact) mass is 178 g/mol.